The Morgan fingerprint density at radius 1 is 1.17 bits per heavy atom. The van der Waals surface area contributed by atoms with E-state index >= 15 is 0 Å². The van der Waals surface area contributed by atoms with Crippen LogP contribution in [0.2, 0.25) is 0 Å². The second-order valence-corrected chi connectivity index (χ2v) is 9.97. The molecule has 0 saturated carbocycles. The number of nitrogens with zero attached hydrogens (tertiary/aromatic N) is 2. The molecule has 2 unspecified atom stereocenters. The van der Waals surface area contributed by atoms with E-state index in [2.05, 4.69) is 16.0 Å². The van der Waals surface area contributed by atoms with Crippen molar-refractivity contribution in [2.24, 2.45) is 5.73 Å². The second-order valence-electron chi connectivity index (χ2n) is 8.86. The van der Waals surface area contributed by atoms with Gasteiger partial charge in [0.15, 0.2) is 6.04 Å². The smallest absolute Gasteiger partial charge is 0.404 e. The minimum Gasteiger partial charge on any atom is -0.477 e. The molecule has 3 heterocycles. The number of ether oxygens (including phenoxy) is 1. The maximum absolute atomic E-state index is 13.3. The van der Waals surface area contributed by atoms with Crippen LogP contribution in [0.25, 0.3) is 0 Å². The van der Waals surface area contributed by atoms with Gasteiger partial charge in [0.1, 0.15) is 29.5 Å². The van der Waals surface area contributed by atoms with Gasteiger partial charge in [-0.15, -0.1) is 11.8 Å². The van der Waals surface area contributed by atoms with Gasteiger partial charge in [0.2, 0.25) is 0 Å². The van der Waals surface area contributed by atoms with Crippen LogP contribution in [0.15, 0.2) is 64.4 Å². The number of rotatable bonds is 9. The van der Waals surface area contributed by atoms with Gasteiger partial charge in [0.25, 0.3) is 11.8 Å². The van der Waals surface area contributed by atoms with Crippen molar-refractivity contribution in [2.45, 2.75) is 24.0 Å². The molecule has 16 heteroatoms. The third kappa shape index (κ3) is 6.43. The number of nitrogens with two attached hydrogens (primary N) is 1. The molecule has 0 spiro atoms. The van der Waals surface area contributed by atoms with E-state index in [9.17, 15) is 33.9 Å². The molecule has 0 bridgehead atoms. The molecule has 41 heavy (non-hydrogen) atoms. The number of imide groups is 1. The number of primary amides is 1. The minimum atomic E-state index is -1.42. The lowest BCUT2D eigenvalue weighted by atomic mass is 10.0. The molecule has 6 N–H and O–H groups in total. The summed E-state index contributed by atoms with van der Waals surface area (Å²) in [5.41, 5.74) is 5.59. The van der Waals surface area contributed by atoms with E-state index in [1.54, 1.807) is 24.3 Å². The van der Waals surface area contributed by atoms with Gasteiger partial charge in [0, 0.05) is 24.9 Å². The number of benzene rings is 1. The number of hydrogen-bond donors (Lipinski definition) is 5. The zero-order valence-electron chi connectivity index (χ0n) is 21.6. The molecule has 2 aliphatic heterocycles. The van der Waals surface area contributed by atoms with Crippen molar-refractivity contribution in [3.8, 4) is 0 Å². The predicted molar refractivity (Wildman–Crippen MR) is 142 cm³/mol. The monoisotopic (exact) mass is 586 g/mol. The van der Waals surface area contributed by atoms with E-state index in [-0.39, 0.29) is 29.3 Å². The summed E-state index contributed by atoms with van der Waals surface area (Å²) in [6, 6.07) is 7.77. The molecule has 1 aromatic heterocycles. The van der Waals surface area contributed by atoms with Crippen LogP contribution in [0, 0.1) is 0 Å². The summed E-state index contributed by atoms with van der Waals surface area (Å²) in [5.74, 6) is -2.83. The third-order valence-corrected chi connectivity index (χ3v) is 7.53. The molecule has 0 aliphatic carbocycles. The number of amides is 7. The molecule has 4 rings (SSSR count). The summed E-state index contributed by atoms with van der Waals surface area (Å²) < 4.78 is 10.00. The Kier molecular flexibility index (Phi) is 8.81. The first kappa shape index (κ1) is 29.0. The highest BCUT2D eigenvalue weighted by Gasteiger charge is 2.54. The van der Waals surface area contributed by atoms with E-state index in [0.717, 1.165) is 27.1 Å². The number of carbonyl (C=O) groups excluding carboxylic acids is 5. The van der Waals surface area contributed by atoms with Crippen LogP contribution in [0.5, 0.6) is 0 Å². The molecule has 15 nitrogen and oxygen atoms in total. The van der Waals surface area contributed by atoms with Gasteiger partial charge in [-0.2, -0.15) is 0 Å². The largest absolute Gasteiger partial charge is 0.477 e. The average Bonchev–Trinajstić information content (AvgIpc) is 3.50. The van der Waals surface area contributed by atoms with E-state index in [0.29, 0.717) is 0 Å². The van der Waals surface area contributed by atoms with Crippen molar-refractivity contribution in [1.29, 1.82) is 0 Å². The molecule has 1 saturated heterocycles. The van der Waals surface area contributed by atoms with Crippen molar-refractivity contribution >= 4 is 47.7 Å². The van der Waals surface area contributed by atoms with E-state index < -0.39 is 60.0 Å². The molecule has 0 radical (unpaired) electrons. The van der Waals surface area contributed by atoms with Gasteiger partial charge in [-0.25, -0.2) is 24.1 Å². The third-order valence-electron chi connectivity index (χ3n) is 6.19. The van der Waals surface area contributed by atoms with Crippen LogP contribution >= 0.6 is 11.8 Å². The summed E-state index contributed by atoms with van der Waals surface area (Å²) in [4.78, 5) is 76.2. The van der Waals surface area contributed by atoms with Crippen LogP contribution in [0.3, 0.4) is 0 Å². The number of carboxylic acids is 1. The maximum Gasteiger partial charge on any atom is 0.404 e. The average molecular weight is 587 g/mol. The van der Waals surface area contributed by atoms with E-state index in [1.165, 1.54) is 25.4 Å². The van der Waals surface area contributed by atoms with E-state index in [4.69, 9.17) is 14.9 Å². The van der Waals surface area contributed by atoms with Crippen LogP contribution in [0.4, 0.5) is 14.4 Å². The SMILES string of the molecule is CN(C(=O)NCc1ccccc1)C(=O)NC(C(=O)NC1C(=O)N2C(C(=O)O)=C(COC(N)=O)CS[C@@H]12)c1ccco1. The van der Waals surface area contributed by atoms with Crippen LogP contribution < -0.4 is 21.7 Å². The molecular formula is C25H26N6O9S. The van der Waals surface area contributed by atoms with Crippen molar-refractivity contribution in [2.75, 3.05) is 19.4 Å². The Morgan fingerprint density at radius 2 is 1.90 bits per heavy atom. The number of fused-ring (bicyclic) bond motifs is 1. The molecule has 2 aliphatic rings. The first-order valence-corrected chi connectivity index (χ1v) is 13.1. The molecular weight excluding hydrogens is 560 g/mol. The number of nitrogens with one attached hydrogen (secondary N) is 3. The zero-order chi connectivity index (χ0) is 29.7. The maximum atomic E-state index is 13.3. The number of carbonyl (C=O) groups is 6. The fourth-order valence-corrected chi connectivity index (χ4v) is 5.44. The summed E-state index contributed by atoms with van der Waals surface area (Å²) >= 11 is 1.15. The van der Waals surface area contributed by atoms with Crippen molar-refractivity contribution in [1.82, 2.24) is 25.8 Å². The highest BCUT2D eigenvalue weighted by molar-refractivity contribution is 8.00. The minimum absolute atomic E-state index is 0.0332. The number of furan rings is 1. The van der Waals surface area contributed by atoms with Crippen molar-refractivity contribution in [3.63, 3.8) is 0 Å². The lowest BCUT2D eigenvalue weighted by Crippen LogP contribution is -2.71. The highest BCUT2D eigenvalue weighted by atomic mass is 32.2. The van der Waals surface area contributed by atoms with Crippen molar-refractivity contribution in [3.05, 3.63) is 71.3 Å². The van der Waals surface area contributed by atoms with Gasteiger partial charge in [-0.1, -0.05) is 30.3 Å². The Bertz CT molecular complexity index is 1380. The summed E-state index contributed by atoms with van der Waals surface area (Å²) in [5, 5.41) is 16.5. The number of urea groups is 2. The van der Waals surface area contributed by atoms with Gasteiger partial charge in [0.05, 0.1) is 6.26 Å². The van der Waals surface area contributed by atoms with Crippen LogP contribution in [0.1, 0.15) is 17.4 Å². The van der Waals surface area contributed by atoms with Crippen LogP contribution in [-0.2, 0) is 25.7 Å². The topological polar surface area (TPSA) is 214 Å². The first-order chi connectivity index (χ1) is 19.6. The Labute approximate surface area is 237 Å². The summed E-state index contributed by atoms with van der Waals surface area (Å²) in [7, 11) is 1.22. The number of β-lactam (4-membered cyclic amide) rings is 1. The molecule has 2 aromatic rings. The first-order valence-electron chi connectivity index (χ1n) is 12.1. The molecule has 3 atom stereocenters. The lowest BCUT2D eigenvalue weighted by Gasteiger charge is -2.49. The number of carboxylic acid groups (broad SMARTS) is 1. The Hall–Kier alpha value is -4.99. The van der Waals surface area contributed by atoms with E-state index in [1.807, 2.05) is 6.07 Å². The number of hydrogen-bond acceptors (Lipinski definition) is 9. The van der Waals surface area contributed by atoms with Crippen molar-refractivity contribution < 1.29 is 43.0 Å². The van der Waals surface area contributed by atoms with Crippen LogP contribution in [-0.4, -0.2) is 81.7 Å². The standard InChI is InChI=1S/C25H26N6O9S/c1-30(24(37)27-10-13-6-3-2-4-7-13)25(38)29-16(15-8-5-9-39-15)19(32)28-17-20(33)31-18(22(34)35)14(11-40-23(26)36)12-41-21(17)31/h2-9,16-17,21H,10-12H2,1H3,(H2,26,36)(H,27,37)(H,28,32)(H,29,38)(H,34,35)/t16?,17?,21-/m0/s1. The summed E-state index contributed by atoms with van der Waals surface area (Å²) in [6.45, 7) is -0.238. The second kappa shape index (κ2) is 12.5. The van der Waals surface area contributed by atoms with Gasteiger partial charge < -0.3 is 35.9 Å². The molecule has 216 valence electrons. The zero-order valence-corrected chi connectivity index (χ0v) is 22.4. The lowest BCUT2D eigenvalue weighted by molar-refractivity contribution is -0.151. The van der Waals surface area contributed by atoms with Gasteiger partial charge in [-0.3, -0.25) is 14.5 Å². The normalized spacial score (nSPS) is 18.4. The molecule has 1 aromatic carbocycles. The Morgan fingerprint density at radius 3 is 2.54 bits per heavy atom. The number of thioether (sulfide) groups is 1. The predicted octanol–water partition coefficient (Wildman–Crippen LogP) is 0.706. The molecule has 1 fully saturated rings. The summed E-state index contributed by atoms with van der Waals surface area (Å²) in [6.07, 6.45) is 0.185. The Balaban J connectivity index is 1.42. The highest BCUT2D eigenvalue weighted by Crippen LogP contribution is 2.40. The van der Waals surface area contributed by atoms with Gasteiger partial charge in [-0.05, 0) is 17.7 Å². The fraction of sp³-hybridized carbons (Fsp3) is 0.280. The van der Waals surface area contributed by atoms with Gasteiger partial charge >= 0.3 is 24.1 Å². The fourth-order valence-electron chi connectivity index (χ4n) is 4.12. The quantitative estimate of drug-likeness (QED) is 0.259. The number of aliphatic carboxylic acids is 1. The molecule has 7 amide bonds.